The number of allylic oxidation sites excluding steroid dienone is 2. The van der Waals surface area contributed by atoms with Crippen LogP contribution >= 0.6 is 0 Å². The molecule has 0 amide bonds. The Hall–Kier alpha value is -0.680. The molecule has 0 aromatic heterocycles. The Labute approximate surface area is 94.8 Å². The van der Waals surface area contributed by atoms with Crippen molar-refractivity contribution in [3.63, 3.8) is 0 Å². The van der Waals surface area contributed by atoms with Gasteiger partial charge >= 0.3 is 0 Å². The molecular weight excluding hydrogens is 228 g/mol. The predicted molar refractivity (Wildman–Crippen MR) is 57.1 cm³/mol. The van der Waals surface area contributed by atoms with Crippen molar-refractivity contribution in [2.75, 3.05) is 6.26 Å². The standard InChI is InChI=1S/C11H14O4S/c1-16(13,14)15-9-5-7-3-2-6-4-8(12)11(9)10(6)7/h2-3,6-7,9-11H,4-5H2,1H3/t6-,7+,9-,10+,11-/m1/s1. The van der Waals surface area contributed by atoms with Crippen LogP contribution in [-0.2, 0) is 19.1 Å². The third-order valence-corrected chi connectivity index (χ3v) is 4.62. The van der Waals surface area contributed by atoms with E-state index in [1.54, 1.807) is 0 Å². The lowest BCUT2D eigenvalue weighted by Gasteiger charge is -2.16. The van der Waals surface area contributed by atoms with Crippen molar-refractivity contribution >= 4 is 15.9 Å². The molecule has 5 heteroatoms. The van der Waals surface area contributed by atoms with Gasteiger partial charge in [0.15, 0.2) is 0 Å². The summed E-state index contributed by atoms with van der Waals surface area (Å²) in [6.45, 7) is 0. The Bertz CT molecular complexity index is 464. The van der Waals surface area contributed by atoms with Crippen LogP contribution in [-0.4, -0.2) is 26.6 Å². The van der Waals surface area contributed by atoms with Crippen LogP contribution in [0.1, 0.15) is 12.8 Å². The van der Waals surface area contributed by atoms with Crippen LogP contribution in [0.4, 0.5) is 0 Å². The first kappa shape index (κ1) is 10.5. The van der Waals surface area contributed by atoms with E-state index in [0.717, 1.165) is 6.26 Å². The van der Waals surface area contributed by atoms with Gasteiger partial charge in [0.25, 0.3) is 10.1 Å². The summed E-state index contributed by atoms with van der Waals surface area (Å²) in [5.74, 6) is 0.957. The number of ketones is 1. The van der Waals surface area contributed by atoms with Crippen LogP contribution in [0.15, 0.2) is 12.2 Å². The van der Waals surface area contributed by atoms with Gasteiger partial charge in [0.05, 0.1) is 12.4 Å². The van der Waals surface area contributed by atoms with E-state index < -0.39 is 16.2 Å². The molecule has 0 radical (unpaired) electrons. The lowest BCUT2D eigenvalue weighted by atomic mass is 9.91. The Morgan fingerprint density at radius 2 is 2.00 bits per heavy atom. The maximum atomic E-state index is 11.8. The highest BCUT2D eigenvalue weighted by Gasteiger charge is 2.56. The summed E-state index contributed by atoms with van der Waals surface area (Å²) >= 11 is 0. The molecule has 0 bridgehead atoms. The predicted octanol–water partition coefficient (Wildman–Crippen LogP) is 0.742. The van der Waals surface area contributed by atoms with Gasteiger partial charge in [-0.15, -0.1) is 0 Å². The van der Waals surface area contributed by atoms with Crippen LogP contribution in [0.2, 0.25) is 0 Å². The number of hydrogen-bond donors (Lipinski definition) is 0. The van der Waals surface area contributed by atoms with Gasteiger partial charge in [-0.3, -0.25) is 8.98 Å². The van der Waals surface area contributed by atoms with Crippen LogP contribution in [0.3, 0.4) is 0 Å². The van der Waals surface area contributed by atoms with E-state index in [-0.39, 0.29) is 11.7 Å². The van der Waals surface area contributed by atoms with Crippen LogP contribution in [0.25, 0.3) is 0 Å². The molecule has 88 valence electrons. The fourth-order valence-corrected chi connectivity index (χ4v) is 4.26. The van der Waals surface area contributed by atoms with Crippen LogP contribution in [0, 0.1) is 23.7 Å². The molecule has 0 heterocycles. The molecule has 2 saturated carbocycles. The molecule has 2 fully saturated rings. The molecule has 4 nitrogen and oxygen atoms in total. The highest BCUT2D eigenvalue weighted by molar-refractivity contribution is 7.86. The summed E-state index contributed by atoms with van der Waals surface area (Å²) in [4.78, 5) is 11.8. The second kappa shape index (κ2) is 3.17. The van der Waals surface area contributed by atoms with E-state index in [0.29, 0.717) is 30.6 Å². The maximum absolute atomic E-state index is 11.8. The van der Waals surface area contributed by atoms with Crippen molar-refractivity contribution < 1.29 is 17.4 Å². The van der Waals surface area contributed by atoms with Gasteiger partial charge in [-0.2, -0.15) is 8.42 Å². The summed E-state index contributed by atoms with van der Waals surface area (Å²) in [5.41, 5.74) is 0. The average molecular weight is 242 g/mol. The van der Waals surface area contributed by atoms with E-state index in [4.69, 9.17) is 4.18 Å². The second-order valence-corrected chi connectivity index (χ2v) is 6.66. The molecule has 5 atom stereocenters. The minimum atomic E-state index is -3.46. The molecule has 0 aromatic carbocycles. The Morgan fingerprint density at radius 1 is 1.31 bits per heavy atom. The van der Waals surface area contributed by atoms with Crippen LogP contribution in [0.5, 0.6) is 0 Å². The second-order valence-electron chi connectivity index (χ2n) is 5.06. The van der Waals surface area contributed by atoms with Crippen molar-refractivity contribution in [3.05, 3.63) is 12.2 Å². The van der Waals surface area contributed by atoms with Gasteiger partial charge in [0, 0.05) is 12.3 Å². The highest BCUT2D eigenvalue weighted by Crippen LogP contribution is 2.54. The molecule has 3 aliphatic rings. The Kier molecular flexibility index (Phi) is 2.07. The molecule has 0 saturated heterocycles. The zero-order chi connectivity index (χ0) is 11.5. The number of rotatable bonds is 2. The molecule has 0 aromatic rings. The van der Waals surface area contributed by atoms with E-state index in [9.17, 15) is 13.2 Å². The SMILES string of the molecule is CS(=O)(=O)O[C@@H]1C[C@@H]2C=C[C@@H]3CC(=O)[C@H]1[C@@H]32. The van der Waals surface area contributed by atoms with Crippen molar-refractivity contribution in [1.82, 2.24) is 0 Å². The minimum Gasteiger partial charge on any atom is -0.299 e. The van der Waals surface area contributed by atoms with Crippen molar-refractivity contribution in [3.8, 4) is 0 Å². The zero-order valence-electron chi connectivity index (χ0n) is 9.00. The van der Waals surface area contributed by atoms with Crippen molar-refractivity contribution in [1.29, 1.82) is 0 Å². The number of Topliss-reactive ketones (excluding diaryl/α,β-unsaturated/α-hetero) is 1. The number of carbonyl (C=O) groups excluding carboxylic acids is 1. The van der Waals surface area contributed by atoms with Crippen LogP contribution < -0.4 is 0 Å². The normalized spacial score (nSPS) is 45.3. The molecule has 0 N–H and O–H groups in total. The number of carbonyl (C=O) groups is 1. The quantitative estimate of drug-likeness (QED) is 0.529. The summed E-state index contributed by atoms with van der Waals surface area (Å²) in [5, 5.41) is 0. The summed E-state index contributed by atoms with van der Waals surface area (Å²) < 4.78 is 27.3. The first-order valence-electron chi connectivity index (χ1n) is 5.55. The first-order chi connectivity index (χ1) is 7.46. The van der Waals surface area contributed by atoms with Gasteiger partial charge in [-0.25, -0.2) is 0 Å². The third kappa shape index (κ3) is 1.45. The van der Waals surface area contributed by atoms with E-state index in [2.05, 4.69) is 12.2 Å². The Morgan fingerprint density at radius 3 is 2.69 bits per heavy atom. The summed E-state index contributed by atoms with van der Waals surface area (Å²) in [7, 11) is -3.46. The molecule has 0 spiro atoms. The summed E-state index contributed by atoms with van der Waals surface area (Å²) in [6, 6.07) is 0. The molecule has 3 rings (SSSR count). The zero-order valence-corrected chi connectivity index (χ0v) is 9.81. The fraction of sp³-hybridized carbons (Fsp3) is 0.727. The first-order valence-corrected chi connectivity index (χ1v) is 7.36. The largest absolute Gasteiger partial charge is 0.299 e. The van der Waals surface area contributed by atoms with E-state index >= 15 is 0 Å². The molecular formula is C11H14O4S. The average Bonchev–Trinajstić information content (AvgIpc) is 2.70. The van der Waals surface area contributed by atoms with Crippen molar-refractivity contribution in [2.24, 2.45) is 23.7 Å². The van der Waals surface area contributed by atoms with E-state index in [1.165, 1.54) is 0 Å². The van der Waals surface area contributed by atoms with E-state index in [1.807, 2.05) is 0 Å². The monoisotopic (exact) mass is 242 g/mol. The lowest BCUT2D eigenvalue weighted by molar-refractivity contribution is -0.122. The fourth-order valence-electron chi connectivity index (χ4n) is 3.61. The Balaban J connectivity index is 1.89. The minimum absolute atomic E-state index is 0.176. The lowest BCUT2D eigenvalue weighted by Crippen LogP contribution is -2.27. The molecule has 0 aliphatic heterocycles. The topological polar surface area (TPSA) is 60.4 Å². The maximum Gasteiger partial charge on any atom is 0.264 e. The molecule has 0 unspecified atom stereocenters. The van der Waals surface area contributed by atoms with Gasteiger partial charge in [0.2, 0.25) is 0 Å². The molecule has 3 aliphatic carbocycles. The van der Waals surface area contributed by atoms with Gasteiger partial charge in [-0.1, -0.05) is 12.2 Å². The highest BCUT2D eigenvalue weighted by atomic mass is 32.2. The van der Waals surface area contributed by atoms with Gasteiger partial charge < -0.3 is 0 Å². The van der Waals surface area contributed by atoms with Crippen molar-refractivity contribution in [2.45, 2.75) is 18.9 Å². The van der Waals surface area contributed by atoms with Gasteiger partial charge in [-0.05, 0) is 24.2 Å². The third-order valence-electron chi connectivity index (χ3n) is 4.02. The number of hydrogen-bond acceptors (Lipinski definition) is 4. The molecule has 16 heavy (non-hydrogen) atoms. The van der Waals surface area contributed by atoms with Gasteiger partial charge in [0.1, 0.15) is 5.78 Å². The summed E-state index contributed by atoms with van der Waals surface area (Å²) in [6.07, 6.45) is 6.10. The smallest absolute Gasteiger partial charge is 0.264 e.